The fourth-order valence-corrected chi connectivity index (χ4v) is 1.64. The number of nitrogens with zero attached hydrogens (tertiary/aromatic N) is 1. The van der Waals surface area contributed by atoms with Crippen LogP contribution in [0.5, 0.6) is 11.5 Å². The largest absolute Gasteiger partial charge is 0.508 e. The van der Waals surface area contributed by atoms with E-state index in [4.69, 9.17) is 10.5 Å². The molecule has 0 saturated carbocycles. The summed E-state index contributed by atoms with van der Waals surface area (Å²) in [5.41, 5.74) is 7.63. The van der Waals surface area contributed by atoms with Crippen molar-refractivity contribution in [3.05, 3.63) is 54.1 Å². The number of hydrogen-bond acceptors (Lipinski definition) is 3. The summed E-state index contributed by atoms with van der Waals surface area (Å²) >= 11 is 0. The Labute approximate surface area is 117 Å². The molecular formula is C15H17N3O2. The lowest BCUT2D eigenvalue weighted by molar-refractivity contribution is 0.415. The van der Waals surface area contributed by atoms with Gasteiger partial charge in [-0.05, 0) is 42.0 Å². The molecule has 0 heterocycles. The number of nitrogens with two attached hydrogens (primary N) is 1. The molecule has 2 rings (SSSR count). The van der Waals surface area contributed by atoms with Gasteiger partial charge >= 0.3 is 0 Å². The molecule has 0 aromatic heterocycles. The van der Waals surface area contributed by atoms with E-state index < -0.39 is 0 Å². The average molecular weight is 271 g/mol. The maximum absolute atomic E-state index is 9.19. The summed E-state index contributed by atoms with van der Waals surface area (Å²) in [4.78, 5) is 4.23. The van der Waals surface area contributed by atoms with Crippen LogP contribution in [0.1, 0.15) is 5.56 Å². The monoisotopic (exact) mass is 271 g/mol. The van der Waals surface area contributed by atoms with Crippen LogP contribution in [0, 0.1) is 0 Å². The fourth-order valence-electron chi connectivity index (χ4n) is 1.64. The van der Waals surface area contributed by atoms with Crippen LogP contribution in [0.2, 0.25) is 0 Å². The number of ether oxygens (including phenoxy) is 1. The summed E-state index contributed by atoms with van der Waals surface area (Å²) in [6, 6.07) is 14.3. The van der Waals surface area contributed by atoms with Crippen LogP contribution in [0.3, 0.4) is 0 Å². The molecule has 20 heavy (non-hydrogen) atoms. The molecule has 0 unspecified atom stereocenters. The number of methoxy groups -OCH3 is 1. The molecule has 104 valence electrons. The number of phenolic OH excluding ortho intramolecular Hbond substituents is 1. The predicted molar refractivity (Wildman–Crippen MR) is 80.0 cm³/mol. The zero-order valence-electron chi connectivity index (χ0n) is 11.2. The number of guanidine groups is 1. The first-order chi connectivity index (χ1) is 9.67. The molecular weight excluding hydrogens is 254 g/mol. The van der Waals surface area contributed by atoms with Gasteiger partial charge in [0.15, 0.2) is 5.96 Å². The molecule has 5 nitrogen and oxygen atoms in total. The van der Waals surface area contributed by atoms with Crippen molar-refractivity contribution in [3.63, 3.8) is 0 Å². The Balaban J connectivity index is 1.94. The van der Waals surface area contributed by atoms with E-state index in [9.17, 15) is 5.11 Å². The summed E-state index contributed by atoms with van der Waals surface area (Å²) in [6.07, 6.45) is 0. The van der Waals surface area contributed by atoms with Crippen LogP contribution in [0.4, 0.5) is 5.69 Å². The van der Waals surface area contributed by atoms with Gasteiger partial charge in [-0.15, -0.1) is 0 Å². The van der Waals surface area contributed by atoms with E-state index in [-0.39, 0.29) is 5.75 Å². The number of nitrogens with one attached hydrogen (secondary N) is 1. The molecule has 0 saturated heterocycles. The highest BCUT2D eigenvalue weighted by molar-refractivity contribution is 5.92. The third-order valence-corrected chi connectivity index (χ3v) is 2.73. The topological polar surface area (TPSA) is 79.9 Å². The molecule has 0 radical (unpaired) electrons. The van der Waals surface area contributed by atoms with E-state index in [1.807, 2.05) is 24.3 Å². The highest BCUT2D eigenvalue weighted by atomic mass is 16.5. The Bertz CT molecular complexity index is 577. The fraction of sp³-hybridized carbons (Fsp3) is 0.133. The molecule has 0 aliphatic carbocycles. The van der Waals surface area contributed by atoms with Gasteiger partial charge in [0.1, 0.15) is 11.5 Å². The number of rotatable bonds is 4. The molecule has 0 aliphatic rings. The molecule has 4 N–H and O–H groups in total. The van der Waals surface area contributed by atoms with E-state index in [2.05, 4.69) is 10.3 Å². The van der Waals surface area contributed by atoms with Gasteiger partial charge in [-0.1, -0.05) is 12.1 Å². The molecule has 0 atom stereocenters. The normalized spacial score (nSPS) is 11.2. The second-order valence-corrected chi connectivity index (χ2v) is 4.22. The van der Waals surface area contributed by atoms with E-state index in [0.717, 1.165) is 17.0 Å². The third-order valence-electron chi connectivity index (χ3n) is 2.73. The summed E-state index contributed by atoms with van der Waals surface area (Å²) in [6.45, 7) is 0.454. The van der Waals surface area contributed by atoms with Crippen molar-refractivity contribution in [2.45, 2.75) is 6.54 Å². The number of phenols is 1. The Kier molecular flexibility index (Phi) is 4.44. The maximum Gasteiger partial charge on any atom is 0.193 e. The number of aliphatic imine (C=N–C) groups is 1. The van der Waals surface area contributed by atoms with Crippen molar-refractivity contribution < 1.29 is 9.84 Å². The predicted octanol–water partition coefficient (Wildman–Crippen LogP) is 2.33. The number of benzene rings is 2. The molecule has 0 spiro atoms. The number of hydrogen-bond donors (Lipinski definition) is 3. The first-order valence-electron chi connectivity index (χ1n) is 6.16. The zero-order chi connectivity index (χ0) is 14.4. The number of aromatic hydroxyl groups is 1. The van der Waals surface area contributed by atoms with Crippen LogP contribution in [0.15, 0.2) is 53.5 Å². The van der Waals surface area contributed by atoms with Crippen molar-refractivity contribution in [1.29, 1.82) is 0 Å². The van der Waals surface area contributed by atoms with Crippen LogP contribution in [0.25, 0.3) is 0 Å². The smallest absolute Gasteiger partial charge is 0.193 e. The van der Waals surface area contributed by atoms with Gasteiger partial charge in [0.25, 0.3) is 0 Å². The van der Waals surface area contributed by atoms with E-state index >= 15 is 0 Å². The summed E-state index contributed by atoms with van der Waals surface area (Å²) < 4.78 is 5.08. The second-order valence-electron chi connectivity index (χ2n) is 4.22. The third kappa shape index (κ3) is 3.91. The van der Waals surface area contributed by atoms with Crippen molar-refractivity contribution in [1.82, 2.24) is 0 Å². The molecule has 2 aromatic carbocycles. The Hall–Kier alpha value is -2.69. The molecule has 5 heteroatoms. The average Bonchev–Trinajstić information content (AvgIpc) is 2.47. The van der Waals surface area contributed by atoms with Gasteiger partial charge in [-0.3, -0.25) is 0 Å². The molecule has 0 fully saturated rings. The molecule has 0 aliphatic heterocycles. The van der Waals surface area contributed by atoms with Gasteiger partial charge in [0, 0.05) is 5.69 Å². The lowest BCUT2D eigenvalue weighted by Gasteiger charge is -2.06. The highest BCUT2D eigenvalue weighted by Crippen LogP contribution is 2.15. The van der Waals surface area contributed by atoms with Crippen LogP contribution in [-0.4, -0.2) is 18.2 Å². The van der Waals surface area contributed by atoms with Gasteiger partial charge in [0.05, 0.1) is 13.7 Å². The quantitative estimate of drug-likeness (QED) is 0.589. The highest BCUT2D eigenvalue weighted by Gasteiger charge is 1.97. The molecule has 0 bridgehead atoms. The SMILES string of the molecule is COc1ccc(NC(N)=NCc2ccc(O)cc2)cc1. The van der Waals surface area contributed by atoms with E-state index in [1.165, 1.54) is 0 Å². The molecule has 0 amide bonds. The zero-order valence-corrected chi connectivity index (χ0v) is 11.2. The van der Waals surface area contributed by atoms with Gasteiger partial charge in [0.2, 0.25) is 0 Å². The van der Waals surface area contributed by atoms with Crippen molar-refractivity contribution in [2.24, 2.45) is 10.7 Å². The standard InChI is InChI=1S/C15H17N3O2/c1-20-14-8-4-12(5-9-14)18-15(16)17-10-11-2-6-13(19)7-3-11/h2-9,19H,10H2,1H3,(H3,16,17,18). The minimum Gasteiger partial charge on any atom is -0.508 e. The Morgan fingerprint density at radius 3 is 2.40 bits per heavy atom. The lowest BCUT2D eigenvalue weighted by Crippen LogP contribution is -2.22. The van der Waals surface area contributed by atoms with Gasteiger partial charge in [-0.25, -0.2) is 4.99 Å². The summed E-state index contributed by atoms with van der Waals surface area (Å²) in [7, 11) is 1.62. The molecule has 2 aromatic rings. The van der Waals surface area contributed by atoms with Gasteiger partial charge in [-0.2, -0.15) is 0 Å². The maximum atomic E-state index is 9.19. The first-order valence-corrected chi connectivity index (χ1v) is 6.16. The van der Waals surface area contributed by atoms with E-state index in [0.29, 0.717) is 12.5 Å². The lowest BCUT2D eigenvalue weighted by atomic mass is 10.2. The Morgan fingerprint density at radius 1 is 1.15 bits per heavy atom. The second kappa shape index (κ2) is 6.47. The van der Waals surface area contributed by atoms with Crippen molar-refractivity contribution >= 4 is 11.6 Å². The minimum absolute atomic E-state index is 0.238. The summed E-state index contributed by atoms with van der Waals surface area (Å²) in [5, 5.41) is 12.2. The van der Waals surface area contributed by atoms with Crippen molar-refractivity contribution in [2.75, 3.05) is 12.4 Å². The van der Waals surface area contributed by atoms with Crippen LogP contribution >= 0.6 is 0 Å². The van der Waals surface area contributed by atoms with Crippen LogP contribution in [-0.2, 0) is 6.54 Å². The van der Waals surface area contributed by atoms with E-state index in [1.54, 1.807) is 31.4 Å². The van der Waals surface area contributed by atoms with Crippen LogP contribution < -0.4 is 15.8 Å². The number of anilines is 1. The van der Waals surface area contributed by atoms with Crippen molar-refractivity contribution in [3.8, 4) is 11.5 Å². The van der Waals surface area contributed by atoms with Gasteiger partial charge < -0.3 is 20.9 Å². The Morgan fingerprint density at radius 2 is 1.80 bits per heavy atom. The first kappa shape index (κ1) is 13.7. The summed E-state index contributed by atoms with van der Waals surface area (Å²) in [5.74, 6) is 1.36. The minimum atomic E-state index is 0.238.